The van der Waals surface area contributed by atoms with Crippen LogP contribution in [0, 0.1) is 5.82 Å². The molecule has 0 radical (unpaired) electrons. The fourth-order valence-electron chi connectivity index (χ4n) is 1.83. The number of carbonyl (C=O) groups excluding carboxylic acids is 1. The number of rotatable bonds is 7. The van der Waals surface area contributed by atoms with Crippen LogP contribution in [0.4, 0.5) is 10.1 Å². The molecule has 3 N–H and O–H groups in total. The summed E-state index contributed by atoms with van der Waals surface area (Å²) in [4.78, 5) is 23.0. The van der Waals surface area contributed by atoms with Crippen LogP contribution < -0.4 is 10.6 Å². The third kappa shape index (κ3) is 4.99. The number of benzene rings is 1. The Labute approximate surface area is 127 Å². The molecular weight excluding hydrogens is 299 g/mol. The van der Waals surface area contributed by atoms with Gasteiger partial charge in [-0.3, -0.25) is 14.9 Å². The molecule has 0 saturated carbocycles. The molecule has 116 valence electrons. The Bertz CT molecular complexity index is 539. The van der Waals surface area contributed by atoms with Gasteiger partial charge in [-0.2, -0.15) is 0 Å². The van der Waals surface area contributed by atoms with Crippen molar-refractivity contribution in [2.45, 2.75) is 32.2 Å². The number of carboxylic acids is 1. The molecule has 1 atom stereocenters. The van der Waals surface area contributed by atoms with Crippen molar-refractivity contribution in [3.05, 3.63) is 29.0 Å². The van der Waals surface area contributed by atoms with Gasteiger partial charge in [-0.15, -0.1) is 0 Å². The Hall–Kier alpha value is -1.66. The largest absolute Gasteiger partial charge is 0.480 e. The van der Waals surface area contributed by atoms with Crippen LogP contribution >= 0.6 is 11.6 Å². The van der Waals surface area contributed by atoms with Gasteiger partial charge in [0.1, 0.15) is 11.4 Å². The molecule has 0 heterocycles. The van der Waals surface area contributed by atoms with E-state index < -0.39 is 23.2 Å². The predicted molar refractivity (Wildman–Crippen MR) is 79.0 cm³/mol. The lowest BCUT2D eigenvalue weighted by Gasteiger charge is -2.25. The predicted octanol–water partition coefficient (Wildman–Crippen LogP) is 2.65. The van der Waals surface area contributed by atoms with E-state index in [1.54, 1.807) is 0 Å². The molecule has 0 aromatic heterocycles. The van der Waals surface area contributed by atoms with Gasteiger partial charge in [-0.25, -0.2) is 4.39 Å². The van der Waals surface area contributed by atoms with Crippen molar-refractivity contribution in [3.63, 3.8) is 0 Å². The summed E-state index contributed by atoms with van der Waals surface area (Å²) in [5.41, 5.74) is -0.893. The van der Waals surface area contributed by atoms with Crippen LogP contribution in [-0.2, 0) is 9.59 Å². The molecule has 1 aromatic rings. The zero-order valence-corrected chi connectivity index (χ0v) is 12.6. The van der Waals surface area contributed by atoms with Gasteiger partial charge in [0.25, 0.3) is 0 Å². The van der Waals surface area contributed by atoms with Crippen molar-refractivity contribution < 1.29 is 19.1 Å². The summed E-state index contributed by atoms with van der Waals surface area (Å²) < 4.78 is 12.9. The highest BCUT2D eigenvalue weighted by atomic mass is 35.5. The minimum atomic E-state index is -1.17. The van der Waals surface area contributed by atoms with Crippen molar-refractivity contribution in [1.29, 1.82) is 0 Å². The Morgan fingerprint density at radius 3 is 2.62 bits per heavy atom. The lowest BCUT2D eigenvalue weighted by atomic mass is 9.96. The van der Waals surface area contributed by atoms with Crippen LogP contribution in [0.15, 0.2) is 18.2 Å². The van der Waals surface area contributed by atoms with Crippen molar-refractivity contribution in [1.82, 2.24) is 5.32 Å². The van der Waals surface area contributed by atoms with E-state index >= 15 is 0 Å². The van der Waals surface area contributed by atoms with E-state index in [1.807, 2.05) is 6.92 Å². The Balaban J connectivity index is 2.63. The van der Waals surface area contributed by atoms with E-state index in [4.69, 9.17) is 11.6 Å². The third-order valence-electron chi connectivity index (χ3n) is 3.07. The van der Waals surface area contributed by atoms with Gasteiger partial charge in [0.2, 0.25) is 5.91 Å². The Kier molecular flexibility index (Phi) is 6.11. The first-order valence-electron chi connectivity index (χ1n) is 6.52. The molecule has 0 spiro atoms. The number of carboxylic acid groups (broad SMARTS) is 1. The van der Waals surface area contributed by atoms with Gasteiger partial charge in [-0.05, 0) is 31.5 Å². The van der Waals surface area contributed by atoms with Crippen molar-refractivity contribution in [3.8, 4) is 0 Å². The normalized spacial score (nSPS) is 13.5. The zero-order valence-electron chi connectivity index (χ0n) is 11.9. The maximum Gasteiger partial charge on any atom is 0.323 e. The van der Waals surface area contributed by atoms with Crippen molar-refractivity contribution >= 4 is 29.2 Å². The zero-order chi connectivity index (χ0) is 16.0. The monoisotopic (exact) mass is 316 g/mol. The summed E-state index contributed by atoms with van der Waals surface area (Å²) in [5.74, 6) is -1.97. The van der Waals surface area contributed by atoms with Crippen LogP contribution in [0.2, 0.25) is 5.02 Å². The summed E-state index contributed by atoms with van der Waals surface area (Å²) in [5, 5.41) is 14.5. The molecular formula is C14H18ClFN2O3. The third-order valence-corrected chi connectivity index (χ3v) is 3.38. The molecule has 0 fully saturated rings. The topological polar surface area (TPSA) is 78.4 Å². The van der Waals surface area contributed by atoms with E-state index in [1.165, 1.54) is 19.1 Å². The van der Waals surface area contributed by atoms with Gasteiger partial charge >= 0.3 is 5.97 Å². The number of nitrogens with one attached hydrogen (secondary N) is 2. The minimum Gasteiger partial charge on any atom is -0.480 e. The van der Waals surface area contributed by atoms with Crippen LogP contribution in [0.25, 0.3) is 0 Å². The first kappa shape index (κ1) is 17.4. The molecule has 7 heteroatoms. The number of hydrogen-bond acceptors (Lipinski definition) is 3. The van der Waals surface area contributed by atoms with Crippen molar-refractivity contribution in [2.75, 3.05) is 11.9 Å². The highest BCUT2D eigenvalue weighted by Crippen LogP contribution is 2.22. The highest BCUT2D eigenvalue weighted by molar-refractivity contribution is 6.33. The second-order valence-electron chi connectivity index (χ2n) is 4.91. The highest BCUT2D eigenvalue weighted by Gasteiger charge is 2.31. The van der Waals surface area contributed by atoms with Gasteiger partial charge in [-0.1, -0.05) is 24.9 Å². The molecule has 0 bridgehead atoms. The molecule has 0 aliphatic carbocycles. The summed E-state index contributed by atoms with van der Waals surface area (Å²) >= 11 is 5.79. The molecule has 1 unspecified atom stereocenters. The van der Waals surface area contributed by atoms with Crippen LogP contribution in [-0.4, -0.2) is 29.1 Å². The standard InChI is InChI=1S/C14H18ClFN2O3/c1-3-6-14(2,13(20)21)17-8-12(19)18-11-5-4-9(16)7-10(11)15/h4-5,7,17H,3,6,8H2,1-2H3,(H,18,19)(H,20,21). The van der Waals surface area contributed by atoms with Gasteiger partial charge < -0.3 is 10.4 Å². The van der Waals surface area contributed by atoms with E-state index in [0.29, 0.717) is 12.8 Å². The summed E-state index contributed by atoms with van der Waals surface area (Å²) in [6, 6.07) is 3.61. The smallest absolute Gasteiger partial charge is 0.323 e. The minimum absolute atomic E-state index is 0.0814. The second kappa shape index (κ2) is 7.38. The maximum absolute atomic E-state index is 12.9. The lowest BCUT2D eigenvalue weighted by Crippen LogP contribution is -2.51. The first-order chi connectivity index (χ1) is 9.78. The lowest BCUT2D eigenvalue weighted by molar-refractivity contribution is -0.144. The Morgan fingerprint density at radius 2 is 2.10 bits per heavy atom. The fraction of sp³-hybridized carbons (Fsp3) is 0.429. The number of hydrogen-bond donors (Lipinski definition) is 3. The fourth-order valence-corrected chi connectivity index (χ4v) is 2.05. The summed E-state index contributed by atoms with van der Waals surface area (Å²) in [6.07, 6.45) is 1.06. The molecule has 1 amide bonds. The van der Waals surface area contributed by atoms with E-state index in [2.05, 4.69) is 10.6 Å². The van der Waals surface area contributed by atoms with E-state index in [0.717, 1.165) is 6.07 Å². The number of amides is 1. The summed E-state index contributed by atoms with van der Waals surface area (Å²) in [6.45, 7) is 3.20. The molecule has 5 nitrogen and oxygen atoms in total. The van der Waals surface area contributed by atoms with Gasteiger partial charge in [0, 0.05) is 0 Å². The van der Waals surface area contributed by atoms with Gasteiger partial charge in [0.15, 0.2) is 0 Å². The molecule has 21 heavy (non-hydrogen) atoms. The second-order valence-corrected chi connectivity index (χ2v) is 5.32. The molecule has 0 aliphatic rings. The van der Waals surface area contributed by atoms with Crippen molar-refractivity contribution in [2.24, 2.45) is 0 Å². The quantitative estimate of drug-likeness (QED) is 0.722. The van der Waals surface area contributed by atoms with E-state index in [-0.39, 0.29) is 17.3 Å². The number of aliphatic carboxylic acids is 1. The van der Waals surface area contributed by atoms with Gasteiger partial charge in [0.05, 0.1) is 17.3 Å². The molecule has 0 saturated heterocycles. The number of carbonyl (C=O) groups is 2. The van der Waals surface area contributed by atoms with Crippen LogP contribution in [0.5, 0.6) is 0 Å². The number of anilines is 1. The number of halogens is 2. The molecule has 1 aromatic carbocycles. The van der Waals surface area contributed by atoms with E-state index in [9.17, 15) is 19.1 Å². The van der Waals surface area contributed by atoms with Crippen LogP contribution in [0.1, 0.15) is 26.7 Å². The first-order valence-corrected chi connectivity index (χ1v) is 6.89. The Morgan fingerprint density at radius 1 is 1.43 bits per heavy atom. The average molecular weight is 317 g/mol. The SMILES string of the molecule is CCCC(C)(NCC(=O)Nc1ccc(F)cc1Cl)C(=O)O. The maximum atomic E-state index is 12.9. The summed E-state index contributed by atoms with van der Waals surface area (Å²) in [7, 11) is 0. The van der Waals surface area contributed by atoms with Crippen LogP contribution in [0.3, 0.4) is 0 Å². The molecule has 1 rings (SSSR count). The molecule has 0 aliphatic heterocycles. The average Bonchev–Trinajstić information content (AvgIpc) is 2.40.